The first-order valence-corrected chi connectivity index (χ1v) is 10.5. The first-order valence-electron chi connectivity index (χ1n) is 10.5. The Kier molecular flexibility index (Phi) is 7.64. The quantitative estimate of drug-likeness (QED) is 0.695. The SMILES string of the molecule is CC(CNC(=O)c1cccc(F)c1)Oc1ccc(CN(C)C2CCCCC2)cc1. The van der Waals surface area contributed by atoms with Crippen LogP contribution in [0.15, 0.2) is 48.5 Å². The number of hydrogen-bond acceptors (Lipinski definition) is 3. The number of benzene rings is 2. The average Bonchev–Trinajstić information content (AvgIpc) is 2.74. The van der Waals surface area contributed by atoms with E-state index in [2.05, 4.69) is 29.4 Å². The van der Waals surface area contributed by atoms with Gasteiger partial charge in [-0.15, -0.1) is 0 Å². The first-order chi connectivity index (χ1) is 14.0. The molecule has 1 aliphatic carbocycles. The third-order valence-electron chi connectivity index (χ3n) is 5.53. The fourth-order valence-corrected chi connectivity index (χ4v) is 3.85. The second kappa shape index (κ2) is 10.4. The minimum atomic E-state index is -0.420. The lowest BCUT2D eigenvalue weighted by atomic mass is 9.94. The summed E-state index contributed by atoms with van der Waals surface area (Å²) in [5, 5.41) is 2.78. The highest BCUT2D eigenvalue weighted by atomic mass is 19.1. The topological polar surface area (TPSA) is 41.6 Å². The lowest BCUT2D eigenvalue weighted by Gasteiger charge is -2.31. The summed E-state index contributed by atoms with van der Waals surface area (Å²) in [6, 6.07) is 14.5. The van der Waals surface area contributed by atoms with Gasteiger partial charge in [-0.1, -0.05) is 37.5 Å². The summed E-state index contributed by atoms with van der Waals surface area (Å²) in [6.07, 6.45) is 6.47. The van der Waals surface area contributed by atoms with Crippen LogP contribution in [0.5, 0.6) is 5.75 Å². The van der Waals surface area contributed by atoms with E-state index >= 15 is 0 Å². The van der Waals surface area contributed by atoms with Crippen molar-refractivity contribution in [2.24, 2.45) is 0 Å². The zero-order valence-electron chi connectivity index (χ0n) is 17.4. The second-order valence-electron chi connectivity index (χ2n) is 8.00. The lowest BCUT2D eigenvalue weighted by molar-refractivity contribution is 0.0931. The molecule has 1 amide bonds. The van der Waals surface area contributed by atoms with E-state index in [0.717, 1.165) is 12.3 Å². The van der Waals surface area contributed by atoms with Gasteiger partial charge >= 0.3 is 0 Å². The van der Waals surface area contributed by atoms with Gasteiger partial charge in [0, 0.05) is 18.2 Å². The van der Waals surface area contributed by atoms with E-state index < -0.39 is 5.82 Å². The van der Waals surface area contributed by atoms with E-state index in [1.807, 2.05) is 19.1 Å². The fourth-order valence-electron chi connectivity index (χ4n) is 3.85. The minimum absolute atomic E-state index is 0.191. The summed E-state index contributed by atoms with van der Waals surface area (Å²) in [5.74, 6) is 0.0544. The number of carbonyl (C=O) groups is 1. The summed E-state index contributed by atoms with van der Waals surface area (Å²) in [7, 11) is 2.21. The number of rotatable bonds is 8. The average molecular weight is 399 g/mol. The number of nitrogens with one attached hydrogen (secondary N) is 1. The molecular weight excluding hydrogens is 367 g/mol. The van der Waals surface area contributed by atoms with Gasteiger partial charge in [0.25, 0.3) is 5.91 Å². The van der Waals surface area contributed by atoms with Gasteiger partial charge in [0.2, 0.25) is 0 Å². The molecule has 156 valence electrons. The fraction of sp³-hybridized carbons (Fsp3) is 0.458. The summed E-state index contributed by atoms with van der Waals surface area (Å²) in [6.45, 7) is 3.20. The van der Waals surface area contributed by atoms with Crippen LogP contribution in [0.4, 0.5) is 4.39 Å². The number of hydrogen-bond donors (Lipinski definition) is 1. The molecule has 5 heteroatoms. The zero-order valence-corrected chi connectivity index (χ0v) is 17.4. The monoisotopic (exact) mass is 398 g/mol. The Balaban J connectivity index is 1.44. The van der Waals surface area contributed by atoms with Crippen LogP contribution in [0, 0.1) is 5.82 Å². The molecule has 0 saturated heterocycles. The molecule has 3 rings (SSSR count). The predicted octanol–water partition coefficient (Wildman–Crippen LogP) is 4.79. The second-order valence-corrected chi connectivity index (χ2v) is 8.00. The Labute approximate surface area is 173 Å². The van der Waals surface area contributed by atoms with E-state index in [-0.39, 0.29) is 12.0 Å². The molecule has 0 aliphatic heterocycles. The van der Waals surface area contributed by atoms with E-state index in [4.69, 9.17) is 4.74 Å². The molecule has 1 N–H and O–H groups in total. The van der Waals surface area contributed by atoms with Gasteiger partial charge < -0.3 is 10.1 Å². The summed E-state index contributed by atoms with van der Waals surface area (Å²) >= 11 is 0. The zero-order chi connectivity index (χ0) is 20.6. The Hall–Kier alpha value is -2.40. The van der Waals surface area contributed by atoms with Crippen LogP contribution in [0.25, 0.3) is 0 Å². The van der Waals surface area contributed by atoms with Crippen molar-refractivity contribution in [3.8, 4) is 5.75 Å². The summed E-state index contributed by atoms with van der Waals surface area (Å²) in [5.41, 5.74) is 1.58. The highest BCUT2D eigenvalue weighted by molar-refractivity contribution is 5.94. The van der Waals surface area contributed by atoms with E-state index in [1.54, 1.807) is 6.07 Å². The molecule has 1 atom stereocenters. The van der Waals surface area contributed by atoms with Gasteiger partial charge in [-0.25, -0.2) is 4.39 Å². The first kappa shape index (κ1) is 21.3. The van der Waals surface area contributed by atoms with E-state index in [9.17, 15) is 9.18 Å². The van der Waals surface area contributed by atoms with Crippen LogP contribution in [-0.2, 0) is 6.54 Å². The number of ether oxygens (including phenoxy) is 1. The Morgan fingerprint density at radius 2 is 1.90 bits per heavy atom. The van der Waals surface area contributed by atoms with Crippen LogP contribution in [-0.4, -0.2) is 36.5 Å². The molecule has 1 fully saturated rings. The number of nitrogens with zero attached hydrogens (tertiary/aromatic N) is 1. The maximum Gasteiger partial charge on any atom is 0.251 e. The minimum Gasteiger partial charge on any atom is -0.489 e. The van der Waals surface area contributed by atoms with Gasteiger partial charge in [-0.3, -0.25) is 9.69 Å². The highest BCUT2D eigenvalue weighted by Gasteiger charge is 2.18. The highest BCUT2D eigenvalue weighted by Crippen LogP contribution is 2.23. The number of amides is 1. The number of halogens is 1. The third-order valence-corrected chi connectivity index (χ3v) is 5.53. The van der Waals surface area contributed by atoms with Crippen molar-refractivity contribution < 1.29 is 13.9 Å². The Morgan fingerprint density at radius 1 is 1.17 bits per heavy atom. The van der Waals surface area contributed by atoms with Gasteiger partial charge in [-0.2, -0.15) is 0 Å². The predicted molar refractivity (Wildman–Crippen MR) is 114 cm³/mol. The van der Waals surface area contributed by atoms with Crippen molar-refractivity contribution in [1.82, 2.24) is 10.2 Å². The van der Waals surface area contributed by atoms with Gasteiger partial charge in [-0.05, 0) is 62.7 Å². The third kappa shape index (κ3) is 6.57. The molecule has 0 spiro atoms. The van der Waals surface area contributed by atoms with Crippen LogP contribution in [0.2, 0.25) is 0 Å². The Morgan fingerprint density at radius 3 is 2.59 bits per heavy atom. The van der Waals surface area contributed by atoms with Crippen molar-refractivity contribution in [2.75, 3.05) is 13.6 Å². The molecule has 0 bridgehead atoms. The van der Waals surface area contributed by atoms with Gasteiger partial charge in [0.15, 0.2) is 0 Å². The maximum atomic E-state index is 13.2. The standard InChI is InChI=1S/C24H31FN2O2/c1-18(16-26-24(28)20-7-6-8-21(25)15-20)29-23-13-11-19(12-14-23)17-27(2)22-9-4-3-5-10-22/h6-8,11-15,18,22H,3-5,9-10,16-17H2,1-2H3,(H,26,28). The summed E-state index contributed by atoms with van der Waals surface area (Å²) < 4.78 is 19.1. The molecule has 1 saturated carbocycles. The molecule has 2 aromatic carbocycles. The van der Waals surface area contributed by atoms with Crippen LogP contribution < -0.4 is 10.1 Å². The smallest absolute Gasteiger partial charge is 0.251 e. The molecule has 2 aromatic rings. The van der Waals surface area contributed by atoms with Crippen LogP contribution in [0.3, 0.4) is 0 Å². The van der Waals surface area contributed by atoms with Crippen LogP contribution >= 0.6 is 0 Å². The Bertz CT molecular complexity index is 788. The van der Waals surface area contributed by atoms with Crippen molar-refractivity contribution in [3.05, 3.63) is 65.5 Å². The van der Waals surface area contributed by atoms with Gasteiger partial charge in [0.1, 0.15) is 17.7 Å². The van der Waals surface area contributed by atoms with Crippen molar-refractivity contribution >= 4 is 5.91 Å². The van der Waals surface area contributed by atoms with Crippen molar-refractivity contribution in [1.29, 1.82) is 0 Å². The van der Waals surface area contributed by atoms with E-state index in [0.29, 0.717) is 18.2 Å². The normalized spacial score (nSPS) is 15.9. The lowest BCUT2D eigenvalue weighted by Crippen LogP contribution is -2.33. The molecule has 1 aliphatic rings. The largest absolute Gasteiger partial charge is 0.489 e. The number of carbonyl (C=O) groups excluding carboxylic acids is 1. The summed E-state index contributed by atoms with van der Waals surface area (Å²) in [4.78, 5) is 14.6. The van der Waals surface area contributed by atoms with Crippen molar-refractivity contribution in [2.45, 2.75) is 57.7 Å². The molecule has 0 aromatic heterocycles. The molecule has 1 unspecified atom stereocenters. The van der Waals surface area contributed by atoms with Crippen LogP contribution in [0.1, 0.15) is 54.9 Å². The molecule has 0 heterocycles. The van der Waals surface area contributed by atoms with Gasteiger partial charge in [0.05, 0.1) is 6.54 Å². The van der Waals surface area contributed by atoms with E-state index in [1.165, 1.54) is 55.9 Å². The maximum absolute atomic E-state index is 13.2. The molecule has 4 nitrogen and oxygen atoms in total. The molecular formula is C24H31FN2O2. The molecule has 29 heavy (non-hydrogen) atoms. The van der Waals surface area contributed by atoms with Crippen molar-refractivity contribution in [3.63, 3.8) is 0 Å². The molecule has 0 radical (unpaired) electrons.